The second kappa shape index (κ2) is 80.3. The van der Waals surface area contributed by atoms with Gasteiger partial charge in [0.05, 0.1) is 6.61 Å². The molecule has 0 fully saturated rings. The quantitative estimate of drug-likeness (QED) is 0.0373. The second-order valence-electron chi connectivity index (χ2n) is 27.1. The van der Waals surface area contributed by atoms with Crippen LogP contribution in [0.1, 0.15) is 425 Å². The third-order valence-corrected chi connectivity index (χ3v) is 18.2. The fourth-order valence-electron chi connectivity index (χ4n) is 12.2. The maximum Gasteiger partial charge on any atom is 0.306 e. The molecular formula is C85H154O5. The van der Waals surface area contributed by atoms with E-state index in [0.29, 0.717) is 12.8 Å². The predicted octanol–water partition coefficient (Wildman–Crippen LogP) is 28.3. The number of hydrogen-bond acceptors (Lipinski definition) is 5. The van der Waals surface area contributed by atoms with Gasteiger partial charge in [-0.2, -0.15) is 0 Å². The van der Waals surface area contributed by atoms with E-state index in [2.05, 4.69) is 98.9 Å². The summed E-state index contributed by atoms with van der Waals surface area (Å²) < 4.78 is 10.8. The molecule has 0 aromatic carbocycles. The highest BCUT2D eigenvalue weighted by atomic mass is 16.6. The fourth-order valence-corrected chi connectivity index (χ4v) is 12.2. The van der Waals surface area contributed by atoms with Crippen LogP contribution in [0.4, 0.5) is 0 Å². The normalized spacial score (nSPS) is 12.6. The molecule has 0 rings (SSSR count). The van der Waals surface area contributed by atoms with Crippen molar-refractivity contribution in [3.8, 4) is 0 Å². The van der Waals surface area contributed by atoms with Crippen molar-refractivity contribution >= 4 is 11.9 Å². The molecule has 0 bridgehead atoms. The SMILES string of the molecule is CC/C=C\C/C=C\C/C=C\C/C=C\CCCCCCCCCCCCCCCCCCCCCCCCCCCCC(=O)OC(CO)COC(=O)CCCCCCCCCCCCCCCCCCCCCCCC/C=C\C/C=C\C/C=C\CCCCCCC. The molecule has 0 aliphatic rings. The van der Waals surface area contributed by atoms with Crippen LogP contribution in [-0.2, 0) is 19.1 Å². The van der Waals surface area contributed by atoms with Crippen LogP contribution in [0.25, 0.3) is 0 Å². The summed E-state index contributed by atoms with van der Waals surface area (Å²) >= 11 is 0. The van der Waals surface area contributed by atoms with Gasteiger partial charge in [-0.15, -0.1) is 0 Å². The molecule has 1 unspecified atom stereocenters. The van der Waals surface area contributed by atoms with Crippen LogP contribution in [0.15, 0.2) is 85.1 Å². The first kappa shape index (κ1) is 87.1. The molecule has 90 heavy (non-hydrogen) atoms. The molecule has 0 spiro atoms. The summed E-state index contributed by atoms with van der Waals surface area (Å²) in [6.07, 6.45) is 114. The summed E-state index contributed by atoms with van der Waals surface area (Å²) in [4.78, 5) is 24.7. The Kier molecular flexibility index (Phi) is 77.7. The lowest BCUT2D eigenvalue weighted by atomic mass is 10.0. The minimum atomic E-state index is -0.773. The molecule has 1 N–H and O–H groups in total. The van der Waals surface area contributed by atoms with Crippen molar-refractivity contribution in [2.75, 3.05) is 13.2 Å². The average molecular weight is 1260 g/mol. The number of aliphatic hydroxyl groups is 1. The van der Waals surface area contributed by atoms with Crippen LogP contribution in [0.5, 0.6) is 0 Å². The number of carbonyl (C=O) groups excluding carboxylic acids is 2. The van der Waals surface area contributed by atoms with Crippen LogP contribution in [-0.4, -0.2) is 36.4 Å². The molecule has 0 aromatic rings. The molecule has 0 heterocycles. The van der Waals surface area contributed by atoms with E-state index in [-0.39, 0.29) is 25.2 Å². The summed E-state index contributed by atoms with van der Waals surface area (Å²) in [6.45, 7) is 4.07. The van der Waals surface area contributed by atoms with Gasteiger partial charge in [0.2, 0.25) is 0 Å². The Labute approximate surface area is 562 Å². The smallest absolute Gasteiger partial charge is 0.306 e. The molecule has 0 radical (unpaired) electrons. The molecule has 0 aliphatic heterocycles. The number of carbonyl (C=O) groups is 2. The number of hydrogen-bond donors (Lipinski definition) is 1. The molecule has 0 saturated carbocycles. The van der Waals surface area contributed by atoms with Gasteiger partial charge in [0.25, 0.3) is 0 Å². The van der Waals surface area contributed by atoms with Crippen molar-refractivity contribution in [1.29, 1.82) is 0 Å². The van der Waals surface area contributed by atoms with E-state index >= 15 is 0 Å². The van der Waals surface area contributed by atoms with Gasteiger partial charge in [0.1, 0.15) is 6.61 Å². The van der Waals surface area contributed by atoms with Crippen LogP contribution in [0.3, 0.4) is 0 Å². The van der Waals surface area contributed by atoms with Crippen molar-refractivity contribution in [3.05, 3.63) is 85.1 Å². The summed E-state index contributed by atoms with van der Waals surface area (Å²) in [7, 11) is 0. The standard InChI is InChI=1S/C85H154O5/c1-3-5-7-9-11-13-15-17-19-21-23-25-27-29-31-33-35-37-39-41-42-44-46-48-50-52-54-56-58-60-62-64-66-68-70-72-74-76-78-80-85(88)90-83(81-86)82-89-84(87)79-77-75-73-71-69-67-65-63-61-59-57-55-53-51-49-47-45-43-40-38-36-34-32-30-28-26-24-22-20-18-16-14-12-10-8-6-4-2/h5,7,11,13,16-19,22-25,28,30,83,86H,3-4,6,8-10,12,14-15,20-21,26-27,29,31-82H2,1-2H3/b7-5-,13-11-,18-16-,19-17-,24-22-,25-23-,30-28-. The van der Waals surface area contributed by atoms with Crippen LogP contribution in [0.2, 0.25) is 0 Å². The van der Waals surface area contributed by atoms with Crippen molar-refractivity contribution in [3.63, 3.8) is 0 Å². The van der Waals surface area contributed by atoms with Crippen LogP contribution < -0.4 is 0 Å². The van der Waals surface area contributed by atoms with Gasteiger partial charge in [-0.25, -0.2) is 0 Å². The highest BCUT2D eigenvalue weighted by Crippen LogP contribution is 2.20. The van der Waals surface area contributed by atoms with E-state index in [9.17, 15) is 14.7 Å². The van der Waals surface area contributed by atoms with E-state index in [0.717, 1.165) is 77.0 Å². The minimum Gasteiger partial charge on any atom is -0.462 e. The zero-order valence-corrected chi connectivity index (χ0v) is 60.4. The van der Waals surface area contributed by atoms with Gasteiger partial charge in [-0.05, 0) is 89.9 Å². The molecule has 1 atom stereocenters. The van der Waals surface area contributed by atoms with E-state index in [1.807, 2.05) is 0 Å². The van der Waals surface area contributed by atoms with E-state index in [4.69, 9.17) is 9.47 Å². The topological polar surface area (TPSA) is 72.8 Å². The molecule has 0 aromatic heterocycles. The lowest BCUT2D eigenvalue weighted by Crippen LogP contribution is -2.28. The Morgan fingerprint density at radius 1 is 0.267 bits per heavy atom. The predicted molar refractivity (Wildman–Crippen MR) is 399 cm³/mol. The van der Waals surface area contributed by atoms with Gasteiger partial charge in [-0.3, -0.25) is 9.59 Å². The maximum absolute atomic E-state index is 12.4. The van der Waals surface area contributed by atoms with Crippen molar-refractivity contribution in [2.24, 2.45) is 0 Å². The van der Waals surface area contributed by atoms with Crippen molar-refractivity contribution < 1.29 is 24.2 Å². The molecular weight excluding hydrogens is 1100 g/mol. The summed E-state index contributed by atoms with van der Waals surface area (Å²) in [5, 5.41) is 9.73. The van der Waals surface area contributed by atoms with E-state index < -0.39 is 6.10 Å². The molecule has 5 nitrogen and oxygen atoms in total. The molecule has 524 valence electrons. The number of ether oxygens (including phenoxy) is 2. The molecule has 0 amide bonds. The molecule has 5 heteroatoms. The first-order valence-corrected chi connectivity index (χ1v) is 40.1. The monoisotopic (exact) mass is 1260 g/mol. The van der Waals surface area contributed by atoms with Crippen molar-refractivity contribution in [1.82, 2.24) is 0 Å². The van der Waals surface area contributed by atoms with Crippen molar-refractivity contribution in [2.45, 2.75) is 431 Å². The summed E-state index contributed by atoms with van der Waals surface area (Å²) in [6, 6.07) is 0. The zero-order chi connectivity index (χ0) is 64.7. The summed E-state index contributed by atoms with van der Waals surface area (Å²) in [5.74, 6) is -0.566. The van der Waals surface area contributed by atoms with Crippen LogP contribution >= 0.6 is 0 Å². The lowest BCUT2D eigenvalue weighted by Gasteiger charge is -2.15. The molecule has 0 aliphatic carbocycles. The highest BCUT2D eigenvalue weighted by molar-refractivity contribution is 5.70. The highest BCUT2D eigenvalue weighted by Gasteiger charge is 2.16. The first-order chi connectivity index (χ1) is 44.6. The largest absolute Gasteiger partial charge is 0.462 e. The fraction of sp³-hybridized carbons (Fsp3) is 0.812. The Balaban J connectivity index is 3.38. The maximum atomic E-state index is 12.4. The zero-order valence-electron chi connectivity index (χ0n) is 60.4. The van der Waals surface area contributed by atoms with E-state index in [1.54, 1.807) is 0 Å². The van der Waals surface area contributed by atoms with Gasteiger partial charge in [0, 0.05) is 12.8 Å². The number of aliphatic hydroxyl groups excluding tert-OH is 1. The van der Waals surface area contributed by atoms with Gasteiger partial charge in [0.15, 0.2) is 6.10 Å². The lowest BCUT2D eigenvalue weighted by molar-refractivity contribution is -0.161. The van der Waals surface area contributed by atoms with Crippen LogP contribution in [0, 0.1) is 0 Å². The second-order valence-corrected chi connectivity index (χ2v) is 27.1. The van der Waals surface area contributed by atoms with Gasteiger partial charge >= 0.3 is 11.9 Å². The number of rotatable bonds is 75. The third kappa shape index (κ3) is 77.5. The minimum absolute atomic E-state index is 0.0609. The Morgan fingerprint density at radius 3 is 0.722 bits per heavy atom. The Hall–Kier alpha value is -2.92. The first-order valence-electron chi connectivity index (χ1n) is 40.1. The third-order valence-electron chi connectivity index (χ3n) is 18.2. The average Bonchev–Trinajstić information content (AvgIpc) is 3.59. The molecule has 0 saturated heterocycles. The Morgan fingerprint density at radius 2 is 0.478 bits per heavy atom. The number of unbranched alkanes of at least 4 members (excludes halogenated alkanes) is 53. The van der Waals surface area contributed by atoms with Gasteiger partial charge < -0.3 is 14.6 Å². The Bertz CT molecular complexity index is 1620. The summed E-state index contributed by atoms with van der Waals surface area (Å²) in [5.41, 5.74) is 0. The number of allylic oxidation sites excluding steroid dienone is 14. The van der Waals surface area contributed by atoms with Gasteiger partial charge in [-0.1, -0.05) is 407 Å². The van der Waals surface area contributed by atoms with E-state index in [1.165, 1.54) is 321 Å². The number of esters is 2.